The number of thiazole rings is 1. The van der Waals surface area contributed by atoms with Crippen LogP contribution in [0, 0.1) is 6.92 Å². The normalized spacial score (nSPS) is 17.7. The molecule has 1 aliphatic heterocycles. The van der Waals surface area contributed by atoms with Gasteiger partial charge in [0, 0.05) is 26.2 Å². The molecule has 1 saturated heterocycles. The number of para-hydroxylation sites is 1. The summed E-state index contributed by atoms with van der Waals surface area (Å²) < 4.78 is 6.55. The molecule has 23 heavy (non-hydrogen) atoms. The van der Waals surface area contributed by atoms with Crippen LogP contribution in [0.4, 0.5) is 5.13 Å². The molecule has 3 aromatic rings. The van der Waals surface area contributed by atoms with Crippen LogP contribution in [0.25, 0.3) is 10.2 Å². The Balaban J connectivity index is 1.44. The van der Waals surface area contributed by atoms with Crippen molar-refractivity contribution >= 4 is 26.7 Å². The van der Waals surface area contributed by atoms with Gasteiger partial charge in [-0.1, -0.05) is 28.6 Å². The molecule has 0 radical (unpaired) electrons. The van der Waals surface area contributed by atoms with Gasteiger partial charge in [-0.15, -0.1) is 0 Å². The molecule has 6 nitrogen and oxygen atoms in total. The summed E-state index contributed by atoms with van der Waals surface area (Å²) in [7, 11) is 0. The van der Waals surface area contributed by atoms with E-state index in [-0.39, 0.29) is 6.04 Å². The van der Waals surface area contributed by atoms with Crippen molar-refractivity contribution in [2.24, 2.45) is 0 Å². The average Bonchev–Trinajstić information content (AvgIpc) is 3.20. The topological polar surface area (TPSA) is 58.3 Å². The maximum Gasteiger partial charge on any atom is 0.243 e. The summed E-state index contributed by atoms with van der Waals surface area (Å²) in [6.45, 7) is 7.86. The number of aryl methyl sites for hydroxylation is 1. The summed E-state index contributed by atoms with van der Waals surface area (Å²) in [6, 6.07) is 8.47. The van der Waals surface area contributed by atoms with E-state index in [0.29, 0.717) is 11.7 Å². The Labute approximate surface area is 138 Å². The first-order valence-electron chi connectivity index (χ1n) is 7.85. The van der Waals surface area contributed by atoms with Crippen molar-refractivity contribution in [1.82, 2.24) is 20.0 Å². The van der Waals surface area contributed by atoms with E-state index in [4.69, 9.17) is 9.51 Å². The standard InChI is InChI=1S/C16H19N5OS/c1-11(15-17-12(2)19-22-15)20-7-9-21(10-8-20)16-18-13-5-3-4-6-14(13)23-16/h3-6,11H,7-10H2,1-2H3/t11-/m1/s1. The molecule has 0 unspecified atom stereocenters. The van der Waals surface area contributed by atoms with Crippen molar-refractivity contribution in [2.45, 2.75) is 19.9 Å². The highest BCUT2D eigenvalue weighted by atomic mass is 32.1. The fourth-order valence-corrected chi connectivity index (χ4v) is 3.95. The van der Waals surface area contributed by atoms with Gasteiger partial charge in [-0.25, -0.2) is 4.98 Å². The fraction of sp³-hybridized carbons (Fsp3) is 0.438. The predicted octanol–water partition coefficient (Wildman–Crippen LogP) is 2.87. The van der Waals surface area contributed by atoms with E-state index in [2.05, 4.69) is 45.1 Å². The van der Waals surface area contributed by atoms with E-state index in [0.717, 1.165) is 36.8 Å². The molecule has 0 saturated carbocycles. The molecule has 120 valence electrons. The molecule has 7 heteroatoms. The fourth-order valence-electron chi connectivity index (χ4n) is 2.93. The molecular formula is C16H19N5OS. The lowest BCUT2D eigenvalue weighted by molar-refractivity contribution is 0.164. The highest BCUT2D eigenvalue weighted by molar-refractivity contribution is 7.22. The van der Waals surface area contributed by atoms with E-state index in [1.165, 1.54) is 4.70 Å². The van der Waals surface area contributed by atoms with Crippen molar-refractivity contribution in [1.29, 1.82) is 0 Å². The Hall–Kier alpha value is -1.99. The van der Waals surface area contributed by atoms with E-state index in [9.17, 15) is 0 Å². The molecule has 1 aromatic carbocycles. The highest BCUT2D eigenvalue weighted by Gasteiger charge is 2.26. The molecule has 0 aliphatic carbocycles. The number of benzene rings is 1. The summed E-state index contributed by atoms with van der Waals surface area (Å²) in [5, 5.41) is 5.01. The third kappa shape index (κ3) is 2.82. The summed E-state index contributed by atoms with van der Waals surface area (Å²) >= 11 is 1.77. The van der Waals surface area contributed by atoms with Gasteiger partial charge < -0.3 is 9.42 Å². The number of hydrogen-bond donors (Lipinski definition) is 0. The third-order valence-corrected chi connectivity index (χ3v) is 5.41. The number of piperazine rings is 1. The van der Waals surface area contributed by atoms with E-state index in [1.54, 1.807) is 11.3 Å². The van der Waals surface area contributed by atoms with Gasteiger partial charge in [0.1, 0.15) is 0 Å². The lowest BCUT2D eigenvalue weighted by Gasteiger charge is -2.36. The van der Waals surface area contributed by atoms with Gasteiger partial charge in [-0.2, -0.15) is 4.98 Å². The van der Waals surface area contributed by atoms with Crippen LogP contribution in [0.15, 0.2) is 28.8 Å². The third-order valence-electron chi connectivity index (χ3n) is 4.32. The lowest BCUT2D eigenvalue weighted by atomic mass is 10.2. The van der Waals surface area contributed by atoms with E-state index in [1.807, 2.05) is 13.0 Å². The number of fused-ring (bicyclic) bond motifs is 1. The Morgan fingerprint density at radius 2 is 1.91 bits per heavy atom. The van der Waals surface area contributed by atoms with Crippen LogP contribution < -0.4 is 4.90 Å². The Morgan fingerprint density at radius 1 is 1.13 bits per heavy atom. The van der Waals surface area contributed by atoms with Crippen LogP contribution in [0.2, 0.25) is 0 Å². The SMILES string of the molecule is Cc1noc([C@@H](C)N2CCN(c3nc4ccccc4s3)CC2)n1. The number of rotatable bonds is 3. The second-order valence-corrected chi connectivity index (χ2v) is 6.85. The maximum absolute atomic E-state index is 5.30. The first-order chi connectivity index (χ1) is 11.2. The van der Waals surface area contributed by atoms with Crippen LogP contribution >= 0.6 is 11.3 Å². The second-order valence-electron chi connectivity index (χ2n) is 5.84. The molecule has 4 rings (SSSR count). The van der Waals surface area contributed by atoms with Crippen LogP contribution in [0.1, 0.15) is 24.7 Å². The summed E-state index contributed by atoms with van der Waals surface area (Å²) in [5.41, 5.74) is 1.09. The quantitative estimate of drug-likeness (QED) is 0.736. The zero-order chi connectivity index (χ0) is 15.8. The Morgan fingerprint density at radius 3 is 2.61 bits per heavy atom. The molecule has 0 bridgehead atoms. The number of aromatic nitrogens is 3. The average molecular weight is 329 g/mol. The maximum atomic E-state index is 5.30. The molecule has 1 fully saturated rings. The van der Waals surface area contributed by atoms with Crippen molar-refractivity contribution in [3.05, 3.63) is 36.0 Å². The zero-order valence-corrected chi connectivity index (χ0v) is 14.1. The minimum atomic E-state index is 0.161. The monoisotopic (exact) mass is 329 g/mol. The van der Waals surface area contributed by atoms with Gasteiger partial charge in [0.05, 0.1) is 16.3 Å². The smallest absolute Gasteiger partial charge is 0.243 e. The molecule has 2 aromatic heterocycles. The lowest BCUT2D eigenvalue weighted by Crippen LogP contribution is -2.47. The van der Waals surface area contributed by atoms with Crippen molar-refractivity contribution in [2.75, 3.05) is 31.1 Å². The first-order valence-corrected chi connectivity index (χ1v) is 8.67. The van der Waals surface area contributed by atoms with Gasteiger partial charge in [0.15, 0.2) is 11.0 Å². The van der Waals surface area contributed by atoms with Crippen LogP contribution in [-0.4, -0.2) is 46.2 Å². The van der Waals surface area contributed by atoms with Crippen LogP contribution in [0.3, 0.4) is 0 Å². The zero-order valence-electron chi connectivity index (χ0n) is 13.3. The molecule has 0 N–H and O–H groups in total. The predicted molar refractivity (Wildman–Crippen MR) is 90.9 cm³/mol. The Kier molecular flexibility index (Phi) is 3.74. The van der Waals surface area contributed by atoms with Crippen molar-refractivity contribution in [3.63, 3.8) is 0 Å². The summed E-state index contributed by atoms with van der Waals surface area (Å²) in [6.07, 6.45) is 0. The molecule has 1 atom stereocenters. The number of hydrogen-bond acceptors (Lipinski definition) is 7. The van der Waals surface area contributed by atoms with E-state index < -0.39 is 0 Å². The molecular weight excluding hydrogens is 310 g/mol. The van der Waals surface area contributed by atoms with E-state index >= 15 is 0 Å². The van der Waals surface area contributed by atoms with Gasteiger partial charge >= 0.3 is 0 Å². The molecule has 3 heterocycles. The molecule has 1 aliphatic rings. The summed E-state index contributed by atoms with van der Waals surface area (Å²) in [4.78, 5) is 13.9. The van der Waals surface area contributed by atoms with Crippen molar-refractivity contribution < 1.29 is 4.52 Å². The Bertz CT molecular complexity index is 773. The minimum Gasteiger partial charge on any atom is -0.345 e. The van der Waals surface area contributed by atoms with Crippen LogP contribution in [0.5, 0.6) is 0 Å². The second kappa shape index (κ2) is 5.90. The molecule has 0 amide bonds. The van der Waals surface area contributed by atoms with Gasteiger partial charge in [0.2, 0.25) is 5.89 Å². The molecule has 0 spiro atoms. The van der Waals surface area contributed by atoms with Crippen LogP contribution in [-0.2, 0) is 0 Å². The van der Waals surface area contributed by atoms with Gasteiger partial charge in [0.25, 0.3) is 0 Å². The number of anilines is 1. The van der Waals surface area contributed by atoms with Gasteiger partial charge in [-0.05, 0) is 26.0 Å². The number of nitrogens with zero attached hydrogens (tertiary/aromatic N) is 5. The van der Waals surface area contributed by atoms with Gasteiger partial charge in [-0.3, -0.25) is 4.90 Å². The largest absolute Gasteiger partial charge is 0.345 e. The highest BCUT2D eigenvalue weighted by Crippen LogP contribution is 2.30. The first kappa shape index (κ1) is 14.6. The summed E-state index contributed by atoms with van der Waals surface area (Å²) in [5.74, 6) is 1.40. The minimum absolute atomic E-state index is 0.161. The van der Waals surface area contributed by atoms with Crippen molar-refractivity contribution in [3.8, 4) is 0 Å².